The lowest BCUT2D eigenvalue weighted by atomic mass is 10.0. The summed E-state index contributed by atoms with van der Waals surface area (Å²) in [7, 11) is 0. The van der Waals surface area contributed by atoms with Gasteiger partial charge in [0, 0.05) is 6.42 Å². The molecule has 0 aliphatic carbocycles. The van der Waals surface area contributed by atoms with Crippen LogP contribution < -0.4 is 4.74 Å². The summed E-state index contributed by atoms with van der Waals surface area (Å²) in [4.78, 5) is 11.8. The van der Waals surface area contributed by atoms with E-state index < -0.39 is 0 Å². The molecule has 0 atom stereocenters. The van der Waals surface area contributed by atoms with Crippen LogP contribution in [0.3, 0.4) is 0 Å². The monoisotopic (exact) mass is 220 g/mol. The smallest absolute Gasteiger partial charge is 0.166 e. The molecule has 0 saturated heterocycles. The first kappa shape index (κ1) is 12.8. The average molecular weight is 220 g/mol. The summed E-state index contributed by atoms with van der Waals surface area (Å²) in [5.74, 6) is 0.884. The van der Waals surface area contributed by atoms with Gasteiger partial charge in [-0.1, -0.05) is 13.0 Å². The Morgan fingerprint density at radius 3 is 2.44 bits per heavy atom. The second-order valence-electron chi connectivity index (χ2n) is 4.40. The highest BCUT2D eigenvalue weighted by atomic mass is 16.5. The van der Waals surface area contributed by atoms with Gasteiger partial charge in [0.15, 0.2) is 5.78 Å². The number of Topliss-reactive ketones (excluding diaryl/α,β-unsaturated/α-hetero) is 1. The fraction of sp³-hybridized carbons (Fsp3) is 0.500. The van der Waals surface area contributed by atoms with E-state index in [0.717, 1.165) is 16.9 Å². The Morgan fingerprint density at radius 2 is 1.94 bits per heavy atom. The van der Waals surface area contributed by atoms with Crippen LogP contribution >= 0.6 is 0 Å². The molecule has 2 nitrogen and oxygen atoms in total. The predicted octanol–water partition coefficient (Wildman–Crippen LogP) is 3.68. The van der Waals surface area contributed by atoms with Gasteiger partial charge in [0.05, 0.1) is 11.7 Å². The molecule has 0 saturated carbocycles. The number of aryl methyl sites for hydroxylation is 2. The molecule has 0 radical (unpaired) electrons. The van der Waals surface area contributed by atoms with Crippen molar-refractivity contribution >= 4 is 5.78 Å². The molecular formula is C14H20O2. The minimum Gasteiger partial charge on any atom is -0.490 e. The van der Waals surface area contributed by atoms with E-state index in [1.54, 1.807) is 0 Å². The average Bonchev–Trinajstić information content (AvgIpc) is 2.20. The van der Waals surface area contributed by atoms with Gasteiger partial charge in [0.2, 0.25) is 0 Å². The zero-order valence-corrected chi connectivity index (χ0v) is 10.8. The minimum absolute atomic E-state index is 0.0878. The highest BCUT2D eigenvalue weighted by Gasteiger charge is 2.15. The van der Waals surface area contributed by atoms with Crippen LogP contribution in [0, 0.1) is 13.8 Å². The largest absolute Gasteiger partial charge is 0.490 e. The zero-order chi connectivity index (χ0) is 12.3. The first-order valence-corrected chi connectivity index (χ1v) is 5.76. The Hall–Kier alpha value is -1.31. The number of benzene rings is 1. The molecule has 0 unspecified atom stereocenters. The van der Waals surface area contributed by atoms with Gasteiger partial charge in [-0.15, -0.1) is 0 Å². The highest BCUT2D eigenvalue weighted by molar-refractivity contribution is 5.99. The molecule has 0 bridgehead atoms. The van der Waals surface area contributed by atoms with Crippen molar-refractivity contribution in [3.8, 4) is 5.75 Å². The highest BCUT2D eigenvalue weighted by Crippen LogP contribution is 2.27. The van der Waals surface area contributed by atoms with Crippen LogP contribution in [0.1, 0.15) is 48.7 Å². The molecule has 1 aromatic carbocycles. The summed E-state index contributed by atoms with van der Waals surface area (Å²) >= 11 is 0. The molecule has 16 heavy (non-hydrogen) atoms. The number of carbonyl (C=O) groups excluding carboxylic acids is 1. The summed E-state index contributed by atoms with van der Waals surface area (Å²) in [5, 5.41) is 0. The normalized spacial score (nSPS) is 10.6. The maximum Gasteiger partial charge on any atom is 0.166 e. The summed E-state index contributed by atoms with van der Waals surface area (Å²) < 4.78 is 5.73. The van der Waals surface area contributed by atoms with Gasteiger partial charge in [-0.25, -0.2) is 0 Å². The lowest BCUT2D eigenvalue weighted by Gasteiger charge is -2.16. The number of hydrogen-bond acceptors (Lipinski definition) is 2. The first-order chi connectivity index (χ1) is 7.45. The molecule has 2 heteroatoms. The molecular weight excluding hydrogens is 200 g/mol. The van der Waals surface area contributed by atoms with Crippen LogP contribution in [-0.4, -0.2) is 11.9 Å². The van der Waals surface area contributed by atoms with Crippen LogP contribution in [-0.2, 0) is 0 Å². The summed E-state index contributed by atoms with van der Waals surface area (Å²) in [5.41, 5.74) is 2.85. The molecule has 0 spiro atoms. The van der Waals surface area contributed by atoms with E-state index in [0.29, 0.717) is 12.0 Å². The molecule has 0 amide bonds. The Bertz CT molecular complexity index is 392. The van der Waals surface area contributed by atoms with Gasteiger partial charge in [-0.05, 0) is 44.9 Å². The van der Waals surface area contributed by atoms with E-state index in [1.807, 2.05) is 46.8 Å². The Balaban J connectivity index is 3.26. The van der Waals surface area contributed by atoms with Crippen molar-refractivity contribution in [3.05, 3.63) is 28.8 Å². The van der Waals surface area contributed by atoms with Crippen molar-refractivity contribution in [2.45, 2.75) is 47.1 Å². The van der Waals surface area contributed by atoms with Crippen molar-refractivity contribution in [2.24, 2.45) is 0 Å². The standard InChI is InChI=1S/C14H20O2/c1-6-13(15)12-8-10(4)7-11(5)14(12)16-9(2)3/h7-9H,6H2,1-5H3. The number of carbonyl (C=O) groups is 1. The third kappa shape index (κ3) is 2.84. The first-order valence-electron chi connectivity index (χ1n) is 5.76. The second kappa shape index (κ2) is 5.15. The lowest BCUT2D eigenvalue weighted by molar-refractivity contribution is 0.0982. The van der Waals surface area contributed by atoms with Gasteiger partial charge >= 0.3 is 0 Å². The molecule has 1 rings (SSSR count). The molecule has 0 aliphatic rings. The van der Waals surface area contributed by atoms with Crippen molar-refractivity contribution in [1.82, 2.24) is 0 Å². The van der Waals surface area contributed by atoms with Crippen LogP contribution in [0.25, 0.3) is 0 Å². The van der Waals surface area contributed by atoms with Crippen LogP contribution in [0.15, 0.2) is 12.1 Å². The second-order valence-corrected chi connectivity index (χ2v) is 4.40. The van der Waals surface area contributed by atoms with Crippen molar-refractivity contribution in [2.75, 3.05) is 0 Å². The van der Waals surface area contributed by atoms with Gasteiger partial charge in [0.1, 0.15) is 5.75 Å². The fourth-order valence-corrected chi connectivity index (χ4v) is 1.74. The van der Waals surface area contributed by atoms with Crippen molar-refractivity contribution in [1.29, 1.82) is 0 Å². The predicted molar refractivity (Wildman–Crippen MR) is 66.3 cm³/mol. The van der Waals surface area contributed by atoms with Gasteiger partial charge < -0.3 is 4.74 Å². The molecule has 0 fully saturated rings. The molecule has 88 valence electrons. The number of hydrogen-bond donors (Lipinski definition) is 0. The Kier molecular flexibility index (Phi) is 4.11. The minimum atomic E-state index is 0.0878. The summed E-state index contributed by atoms with van der Waals surface area (Å²) in [6.07, 6.45) is 0.599. The third-order valence-corrected chi connectivity index (χ3v) is 2.39. The van der Waals surface area contributed by atoms with E-state index in [1.165, 1.54) is 0 Å². The Labute approximate surface area is 97.6 Å². The van der Waals surface area contributed by atoms with Gasteiger partial charge in [-0.2, -0.15) is 0 Å². The summed E-state index contributed by atoms with van der Waals surface area (Å²) in [6.45, 7) is 9.80. The van der Waals surface area contributed by atoms with Crippen LogP contribution in [0.2, 0.25) is 0 Å². The molecule has 1 aromatic rings. The van der Waals surface area contributed by atoms with Crippen molar-refractivity contribution < 1.29 is 9.53 Å². The molecule has 0 heterocycles. The van der Waals surface area contributed by atoms with Crippen molar-refractivity contribution in [3.63, 3.8) is 0 Å². The molecule has 0 aliphatic heterocycles. The van der Waals surface area contributed by atoms with E-state index in [4.69, 9.17) is 4.74 Å². The van der Waals surface area contributed by atoms with E-state index in [9.17, 15) is 4.79 Å². The van der Waals surface area contributed by atoms with Gasteiger partial charge in [0.25, 0.3) is 0 Å². The van der Waals surface area contributed by atoms with E-state index >= 15 is 0 Å². The number of rotatable bonds is 4. The maximum atomic E-state index is 11.8. The summed E-state index contributed by atoms with van der Waals surface area (Å²) in [6, 6.07) is 3.96. The SMILES string of the molecule is CCC(=O)c1cc(C)cc(C)c1OC(C)C. The lowest BCUT2D eigenvalue weighted by Crippen LogP contribution is -2.11. The number of ketones is 1. The maximum absolute atomic E-state index is 11.8. The number of ether oxygens (including phenoxy) is 1. The van der Waals surface area contributed by atoms with Crippen LogP contribution in [0.5, 0.6) is 5.75 Å². The molecule has 0 N–H and O–H groups in total. The van der Waals surface area contributed by atoms with E-state index in [2.05, 4.69) is 0 Å². The zero-order valence-electron chi connectivity index (χ0n) is 10.8. The topological polar surface area (TPSA) is 26.3 Å². The molecule has 0 aromatic heterocycles. The van der Waals surface area contributed by atoms with Crippen LogP contribution in [0.4, 0.5) is 0 Å². The van der Waals surface area contributed by atoms with Gasteiger partial charge in [-0.3, -0.25) is 4.79 Å². The van der Waals surface area contributed by atoms with E-state index in [-0.39, 0.29) is 11.9 Å². The quantitative estimate of drug-likeness (QED) is 0.723. The fourth-order valence-electron chi connectivity index (χ4n) is 1.74. The third-order valence-electron chi connectivity index (χ3n) is 2.39. The Morgan fingerprint density at radius 1 is 1.31 bits per heavy atom.